The number of Topliss-reactive ketones (excluding diaryl/α,β-unsaturated/α-hetero) is 1. The molecule has 0 heterocycles. The summed E-state index contributed by atoms with van der Waals surface area (Å²) in [6, 6.07) is 0. The molecule has 4 saturated carbocycles. The van der Waals surface area contributed by atoms with E-state index < -0.39 is 0 Å². The number of hydrogen-bond donors (Lipinski definition) is 0. The number of ether oxygens (including phenoxy) is 2. The highest BCUT2D eigenvalue weighted by Crippen LogP contribution is 2.63. The van der Waals surface area contributed by atoms with Gasteiger partial charge < -0.3 is 9.47 Å². The van der Waals surface area contributed by atoms with Crippen molar-refractivity contribution < 1.29 is 14.3 Å². The largest absolute Gasteiger partial charge is 0.353 e. The second kappa shape index (κ2) is 6.09. The van der Waals surface area contributed by atoms with Crippen LogP contribution in [0.1, 0.15) is 71.1 Å². The minimum Gasteiger partial charge on any atom is -0.353 e. The number of methoxy groups -OCH3 is 2. The molecule has 3 heteroatoms. The summed E-state index contributed by atoms with van der Waals surface area (Å²) in [5.41, 5.74) is 0.0610. The fraction of sp³-hybridized carbons (Fsp3) is 0.952. The maximum absolute atomic E-state index is 12.6. The van der Waals surface area contributed by atoms with Gasteiger partial charge in [-0.2, -0.15) is 0 Å². The van der Waals surface area contributed by atoms with E-state index in [-0.39, 0.29) is 11.2 Å². The van der Waals surface area contributed by atoms with Crippen LogP contribution in [0.5, 0.6) is 0 Å². The van der Waals surface area contributed by atoms with Crippen molar-refractivity contribution in [1.82, 2.24) is 0 Å². The molecule has 0 amide bonds. The maximum atomic E-state index is 12.6. The van der Waals surface area contributed by atoms with E-state index in [1.165, 1.54) is 32.1 Å². The van der Waals surface area contributed by atoms with Gasteiger partial charge in [-0.15, -0.1) is 0 Å². The topological polar surface area (TPSA) is 35.5 Å². The number of ketones is 1. The summed E-state index contributed by atoms with van der Waals surface area (Å²) in [7, 11) is 3.60. The molecule has 0 aromatic heterocycles. The molecule has 136 valence electrons. The average molecular weight is 335 g/mol. The van der Waals surface area contributed by atoms with Gasteiger partial charge in [-0.05, 0) is 74.5 Å². The number of rotatable bonds is 3. The van der Waals surface area contributed by atoms with Crippen molar-refractivity contribution in [1.29, 1.82) is 0 Å². The van der Waals surface area contributed by atoms with Crippen molar-refractivity contribution in [2.24, 2.45) is 35.0 Å². The third kappa shape index (κ3) is 2.26. The fourth-order valence-corrected chi connectivity index (χ4v) is 7.50. The van der Waals surface area contributed by atoms with Crippen LogP contribution in [0.3, 0.4) is 0 Å². The van der Waals surface area contributed by atoms with Crippen LogP contribution in [0.4, 0.5) is 0 Å². The Morgan fingerprint density at radius 3 is 2.42 bits per heavy atom. The average Bonchev–Trinajstić information content (AvgIpc) is 2.98. The van der Waals surface area contributed by atoms with E-state index in [0.29, 0.717) is 11.7 Å². The van der Waals surface area contributed by atoms with Gasteiger partial charge in [0, 0.05) is 38.9 Å². The highest BCUT2D eigenvalue weighted by atomic mass is 16.7. The van der Waals surface area contributed by atoms with Gasteiger partial charge in [-0.3, -0.25) is 4.79 Å². The smallest absolute Gasteiger partial charge is 0.167 e. The molecule has 4 aliphatic carbocycles. The second-order valence-electron chi connectivity index (χ2n) is 9.01. The van der Waals surface area contributed by atoms with Crippen molar-refractivity contribution in [3.63, 3.8) is 0 Å². The first-order valence-corrected chi connectivity index (χ1v) is 10.2. The lowest BCUT2D eigenvalue weighted by Gasteiger charge is -2.56. The van der Waals surface area contributed by atoms with E-state index in [9.17, 15) is 4.79 Å². The summed E-state index contributed by atoms with van der Waals surface area (Å²) >= 11 is 0. The van der Waals surface area contributed by atoms with Crippen LogP contribution >= 0.6 is 0 Å². The van der Waals surface area contributed by atoms with E-state index in [0.717, 1.165) is 55.8 Å². The first kappa shape index (κ1) is 17.0. The first-order chi connectivity index (χ1) is 11.6. The van der Waals surface area contributed by atoms with Crippen LogP contribution in [0.2, 0.25) is 0 Å². The maximum Gasteiger partial charge on any atom is 0.167 e. The SMILES string of the molecule is CC[C@]12CC[C@H]3[C@@H](CC[C@H]4CC(OC)(OC)CC[C@@H]43)[C@@H]1CCC2=O. The van der Waals surface area contributed by atoms with E-state index in [1.54, 1.807) is 14.2 Å². The molecule has 6 atom stereocenters. The molecule has 0 aromatic rings. The van der Waals surface area contributed by atoms with Crippen LogP contribution < -0.4 is 0 Å². The first-order valence-electron chi connectivity index (χ1n) is 10.2. The molecule has 0 spiro atoms. The summed E-state index contributed by atoms with van der Waals surface area (Å²) in [4.78, 5) is 12.6. The molecule has 0 bridgehead atoms. The van der Waals surface area contributed by atoms with Crippen molar-refractivity contribution >= 4 is 5.78 Å². The van der Waals surface area contributed by atoms with Gasteiger partial charge >= 0.3 is 0 Å². The van der Waals surface area contributed by atoms with Gasteiger partial charge in [0.05, 0.1) is 0 Å². The molecule has 4 aliphatic rings. The van der Waals surface area contributed by atoms with Gasteiger partial charge in [0.2, 0.25) is 0 Å². The van der Waals surface area contributed by atoms with Crippen LogP contribution in [0.15, 0.2) is 0 Å². The van der Waals surface area contributed by atoms with Crippen LogP contribution in [0, 0.1) is 35.0 Å². The lowest BCUT2D eigenvalue weighted by atomic mass is 9.49. The van der Waals surface area contributed by atoms with Gasteiger partial charge in [0.15, 0.2) is 5.79 Å². The van der Waals surface area contributed by atoms with Crippen molar-refractivity contribution in [3.05, 3.63) is 0 Å². The highest BCUT2D eigenvalue weighted by molar-refractivity contribution is 5.87. The van der Waals surface area contributed by atoms with Crippen LogP contribution in [-0.4, -0.2) is 25.8 Å². The quantitative estimate of drug-likeness (QED) is 0.708. The Morgan fingerprint density at radius 2 is 1.71 bits per heavy atom. The molecular weight excluding hydrogens is 300 g/mol. The predicted molar refractivity (Wildman–Crippen MR) is 93.5 cm³/mol. The molecule has 0 unspecified atom stereocenters. The van der Waals surface area contributed by atoms with Crippen LogP contribution in [-0.2, 0) is 14.3 Å². The van der Waals surface area contributed by atoms with Gasteiger partial charge in [0.25, 0.3) is 0 Å². The highest BCUT2D eigenvalue weighted by Gasteiger charge is 2.59. The summed E-state index contributed by atoms with van der Waals surface area (Å²) in [5.74, 6) is 4.20. The molecule has 0 saturated heterocycles. The summed E-state index contributed by atoms with van der Waals surface area (Å²) in [6.45, 7) is 2.26. The Balaban J connectivity index is 1.54. The lowest BCUT2D eigenvalue weighted by molar-refractivity contribution is -0.246. The molecule has 0 radical (unpaired) electrons. The Bertz CT molecular complexity index is 497. The Morgan fingerprint density at radius 1 is 0.958 bits per heavy atom. The Hall–Kier alpha value is -0.410. The zero-order valence-electron chi connectivity index (χ0n) is 15.7. The number of carbonyl (C=O) groups is 1. The molecule has 4 rings (SSSR count). The number of hydrogen-bond acceptors (Lipinski definition) is 3. The second-order valence-corrected chi connectivity index (χ2v) is 9.01. The molecule has 0 aromatic carbocycles. The van der Waals surface area contributed by atoms with Gasteiger partial charge in [-0.25, -0.2) is 0 Å². The minimum absolute atomic E-state index is 0.0610. The molecular formula is C21H34O3. The fourth-order valence-electron chi connectivity index (χ4n) is 7.50. The summed E-state index contributed by atoms with van der Waals surface area (Å²) in [6.07, 6.45) is 11.5. The monoisotopic (exact) mass is 334 g/mol. The van der Waals surface area contributed by atoms with Gasteiger partial charge in [0.1, 0.15) is 5.78 Å². The third-order valence-corrected chi connectivity index (χ3v) is 8.77. The number of fused-ring (bicyclic) bond motifs is 5. The zero-order chi connectivity index (χ0) is 16.9. The molecule has 24 heavy (non-hydrogen) atoms. The van der Waals surface area contributed by atoms with Crippen molar-refractivity contribution in [2.75, 3.05) is 14.2 Å². The predicted octanol–water partition coefficient (Wildman–Crippen LogP) is 4.59. The van der Waals surface area contributed by atoms with Gasteiger partial charge in [-0.1, -0.05) is 6.92 Å². The van der Waals surface area contributed by atoms with E-state index in [2.05, 4.69) is 6.92 Å². The Labute approximate surface area is 146 Å². The minimum atomic E-state index is -0.334. The van der Waals surface area contributed by atoms with Crippen molar-refractivity contribution in [3.8, 4) is 0 Å². The van der Waals surface area contributed by atoms with E-state index in [1.807, 2.05) is 0 Å². The van der Waals surface area contributed by atoms with Crippen LogP contribution in [0.25, 0.3) is 0 Å². The number of carbonyl (C=O) groups excluding carboxylic acids is 1. The normalized spacial score (nSPS) is 47.0. The van der Waals surface area contributed by atoms with Crippen molar-refractivity contribution in [2.45, 2.75) is 76.9 Å². The summed E-state index contributed by atoms with van der Waals surface area (Å²) in [5, 5.41) is 0. The van der Waals surface area contributed by atoms with E-state index >= 15 is 0 Å². The molecule has 4 fully saturated rings. The molecule has 0 N–H and O–H groups in total. The molecule has 0 aliphatic heterocycles. The zero-order valence-corrected chi connectivity index (χ0v) is 15.7. The standard InChI is InChI=1S/C21H34O3/c1-4-20-11-9-16-15-10-12-21(23-2,24-3)13-14(15)5-6-17(16)18(20)7-8-19(20)22/h14-18H,4-13H2,1-3H3/t14-,15-,16+,17+,18-,20-/m0/s1. The Kier molecular flexibility index (Phi) is 4.32. The summed E-state index contributed by atoms with van der Waals surface area (Å²) < 4.78 is 11.5. The van der Waals surface area contributed by atoms with E-state index in [4.69, 9.17) is 9.47 Å². The lowest BCUT2D eigenvalue weighted by Crippen LogP contribution is -2.52. The molecule has 3 nitrogen and oxygen atoms in total. The third-order valence-electron chi connectivity index (χ3n) is 8.77.